The molecule has 2 aliphatic heterocycles. The van der Waals surface area contributed by atoms with Crippen LogP contribution < -0.4 is 9.62 Å². The molecule has 2 fully saturated rings. The van der Waals surface area contributed by atoms with Gasteiger partial charge in [-0.3, -0.25) is 14.4 Å². The third-order valence-electron chi connectivity index (χ3n) is 5.68. The predicted molar refractivity (Wildman–Crippen MR) is 116 cm³/mol. The number of sulfonamides is 1. The Kier molecular flexibility index (Phi) is 7.19. The molecule has 0 aliphatic carbocycles. The second-order valence-corrected chi connectivity index (χ2v) is 9.76. The Morgan fingerprint density at radius 2 is 1.70 bits per heavy atom. The molecule has 30 heavy (non-hydrogen) atoms. The van der Waals surface area contributed by atoms with Gasteiger partial charge in [-0.2, -0.15) is 0 Å². The molecule has 0 aromatic heterocycles. The molecule has 0 saturated carbocycles. The van der Waals surface area contributed by atoms with Gasteiger partial charge in [0.05, 0.1) is 23.5 Å². The van der Waals surface area contributed by atoms with Gasteiger partial charge in [-0.05, 0) is 44.4 Å². The summed E-state index contributed by atoms with van der Waals surface area (Å²) in [5.41, 5.74) is 0.722. The number of hydrogen-bond acceptors (Lipinski definition) is 6. The minimum atomic E-state index is -3.56. The molecule has 0 unspecified atom stereocenters. The van der Waals surface area contributed by atoms with E-state index in [0.717, 1.165) is 31.6 Å². The lowest BCUT2D eigenvalue weighted by molar-refractivity contribution is -0.133. The average Bonchev–Trinajstić information content (AvgIpc) is 2.75. The second-order valence-electron chi connectivity index (χ2n) is 7.75. The Morgan fingerprint density at radius 3 is 2.30 bits per heavy atom. The maximum absolute atomic E-state index is 12.5. The van der Waals surface area contributed by atoms with Crippen LogP contribution in [-0.2, 0) is 14.8 Å². The molecule has 166 valence electrons. The van der Waals surface area contributed by atoms with Crippen LogP contribution in [0.5, 0.6) is 0 Å². The van der Waals surface area contributed by atoms with Gasteiger partial charge < -0.3 is 14.9 Å². The number of benzene rings is 1. The van der Waals surface area contributed by atoms with Gasteiger partial charge in [-0.25, -0.2) is 13.2 Å². The van der Waals surface area contributed by atoms with Crippen LogP contribution in [0.3, 0.4) is 0 Å². The SMILES string of the molecule is CCS(=O)(=O)Nc1ccc(N2CCN(CC(=O)N3CCCCC3)CC2)cc1C(=O)O. The van der Waals surface area contributed by atoms with Crippen molar-refractivity contribution in [2.75, 3.05) is 61.2 Å². The fourth-order valence-corrected chi connectivity index (χ4v) is 4.49. The number of aromatic carboxylic acids is 1. The van der Waals surface area contributed by atoms with Crippen molar-refractivity contribution >= 4 is 33.3 Å². The summed E-state index contributed by atoms with van der Waals surface area (Å²) in [4.78, 5) is 30.3. The molecule has 9 nitrogen and oxygen atoms in total. The summed E-state index contributed by atoms with van der Waals surface area (Å²) in [5, 5.41) is 9.52. The number of rotatable bonds is 7. The first-order chi connectivity index (χ1) is 14.3. The first-order valence-electron chi connectivity index (χ1n) is 10.4. The molecule has 0 radical (unpaired) electrons. The van der Waals surface area contributed by atoms with Crippen molar-refractivity contribution in [2.45, 2.75) is 26.2 Å². The number of piperidine rings is 1. The topological polar surface area (TPSA) is 110 Å². The van der Waals surface area contributed by atoms with E-state index >= 15 is 0 Å². The molecule has 3 rings (SSSR count). The predicted octanol–water partition coefficient (Wildman–Crippen LogP) is 1.28. The minimum absolute atomic E-state index is 0.0684. The molecule has 2 heterocycles. The van der Waals surface area contributed by atoms with E-state index in [2.05, 4.69) is 14.5 Å². The van der Waals surface area contributed by atoms with Crippen molar-refractivity contribution in [3.63, 3.8) is 0 Å². The lowest BCUT2D eigenvalue weighted by Crippen LogP contribution is -2.50. The summed E-state index contributed by atoms with van der Waals surface area (Å²) >= 11 is 0. The highest BCUT2D eigenvalue weighted by atomic mass is 32.2. The Morgan fingerprint density at radius 1 is 1.03 bits per heavy atom. The van der Waals surface area contributed by atoms with E-state index in [-0.39, 0.29) is 22.9 Å². The molecular formula is C20H30N4O5S. The van der Waals surface area contributed by atoms with Crippen LogP contribution in [0.4, 0.5) is 11.4 Å². The number of nitrogens with one attached hydrogen (secondary N) is 1. The van der Waals surface area contributed by atoms with Crippen molar-refractivity contribution in [3.05, 3.63) is 23.8 Å². The Balaban J connectivity index is 1.61. The maximum atomic E-state index is 12.5. The van der Waals surface area contributed by atoms with Crippen molar-refractivity contribution < 1.29 is 23.1 Å². The lowest BCUT2D eigenvalue weighted by Gasteiger charge is -2.37. The summed E-state index contributed by atoms with van der Waals surface area (Å²) in [7, 11) is -3.56. The van der Waals surface area contributed by atoms with Crippen LogP contribution in [0.25, 0.3) is 0 Å². The summed E-state index contributed by atoms with van der Waals surface area (Å²) in [6.45, 7) is 6.39. The number of hydrogen-bond donors (Lipinski definition) is 2. The van der Waals surface area contributed by atoms with E-state index < -0.39 is 16.0 Å². The van der Waals surface area contributed by atoms with Crippen LogP contribution in [0.2, 0.25) is 0 Å². The molecule has 2 aliphatic rings. The molecular weight excluding hydrogens is 408 g/mol. The number of piperazine rings is 1. The number of carboxylic acid groups (broad SMARTS) is 1. The minimum Gasteiger partial charge on any atom is -0.478 e. The molecule has 1 aromatic carbocycles. The van der Waals surface area contributed by atoms with Crippen LogP contribution in [0.15, 0.2) is 18.2 Å². The van der Waals surface area contributed by atoms with Crippen LogP contribution >= 0.6 is 0 Å². The number of carboxylic acids is 1. The van der Waals surface area contributed by atoms with E-state index in [1.165, 1.54) is 25.5 Å². The van der Waals surface area contributed by atoms with Crippen LogP contribution in [0.1, 0.15) is 36.5 Å². The Bertz CT molecular complexity index is 875. The molecule has 0 bridgehead atoms. The number of carbonyl (C=O) groups excluding carboxylic acids is 1. The van der Waals surface area contributed by atoms with Gasteiger partial charge in [0, 0.05) is 45.0 Å². The van der Waals surface area contributed by atoms with Crippen molar-refractivity contribution in [1.82, 2.24) is 9.80 Å². The van der Waals surface area contributed by atoms with Crippen LogP contribution in [-0.4, -0.2) is 86.8 Å². The number of likely N-dealkylation sites (tertiary alicyclic amines) is 1. The summed E-state index contributed by atoms with van der Waals surface area (Å²) in [6, 6.07) is 4.73. The average molecular weight is 439 g/mol. The number of amides is 1. The fraction of sp³-hybridized carbons (Fsp3) is 0.600. The molecule has 0 spiro atoms. The van der Waals surface area contributed by atoms with Crippen molar-refractivity contribution in [1.29, 1.82) is 0 Å². The molecule has 0 atom stereocenters. The normalized spacial score (nSPS) is 18.3. The quantitative estimate of drug-likeness (QED) is 0.660. The van der Waals surface area contributed by atoms with Gasteiger partial charge in [-0.1, -0.05) is 0 Å². The summed E-state index contributed by atoms with van der Waals surface area (Å²) in [6.07, 6.45) is 3.35. The number of nitrogens with zero attached hydrogens (tertiary/aromatic N) is 3. The first kappa shape index (κ1) is 22.4. The molecule has 10 heteroatoms. The molecule has 2 saturated heterocycles. The van der Waals surface area contributed by atoms with Gasteiger partial charge in [0.25, 0.3) is 0 Å². The third kappa shape index (κ3) is 5.63. The van der Waals surface area contributed by atoms with Gasteiger partial charge in [0.1, 0.15) is 0 Å². The van der Waals surface area contributed by atoms with E-state index in [4.69, 9.17) is 0 Å². The fourth-order valence-electron chi connectivity index (χ4n) is 3.83. The third-order valence-corrected chi connectivity index (χ3v) is 6.98. The monoisotopic (exact) mass is 438 g/mol. The number of carbonyl (C=O) groups is 2. The van der Waals surface area contributed by atoms with Crippen molar-refractivity contribution in [2.24, 2.45) is 0 Å². The smallest absolute Gasteiger partial charge is 0.337 e. The zero-order chi connectivity index (χ0) is 21.7. The lowest BCUT2D eigenvalue weighted by atomic mass is 10.1. The largest absolute Gasteiger partial charge is 0.478 e. The van der Waals surface area contributed by atoms with Gasteiger partial charge in [-0.15, -0.1) is 0 Å². The second kappa shape index (κ2) is 9.65. The highest BCUT2D eigenvalue weighted by Crippen LogP contribution is 2.25. The maximum Gasteiger partial charge on any atom is 0.337 e. The molecule has 1 amide bonds. The number of anilines is 2. The highest BCUT2D eigenvalue weighted by molar-refractivity contribution is 7.92. The van der Waals surface area contributed by atoms with E-state index in [1.54, 1.807) is 6.07 Å². The van der Waals surface area contributed by atoms with E-state index in [1.807, 2.05) is 4.90 Å². The van der Waals surface area contributed by atoms with E-state index in [0.29, 0.717) is 32.7 Å². The summed E-state index contributed by atoms with van der Waals surface area (Å²) in [5.74, 6) is -1.13. The van der Waals surface area contributed by atoms with Gasteiger partial charge in [0.15, 0.2) is 0 Å². The Labute approximate surface area is 177 Å². The summed E-state index contributed by atoms with van der Waals surface area (Å²) < 4.78 is 26.0. The zero-order valence-electron chi connectivity index (χ0n) is 17.3. The Hall–Kier alpha value is -2.33. The van der Waals surface area contributed by atoms with Gasteiger partial charge in [0.2, 0.25) is 15.9 Å². The highest BCUT2D eigenvalue weighted by Gasteiger charge is 2.24. The van der Waals surface area contributed by atoms with Crippen molar-refractivity contribution in [3.8, 4) is 0 Å². The standard InChI is InChI=1S/C20H30N4O5S/c1-2-30(28,29)21-18-7-6-16(14-17(18)20(26)27)23-12-10-22(11-13-23)15-19(25)24-8-4-3-5-9-24/h6-7,14,21H,2-5,8-13,15H2,1H3,(H,26,27). The molecule has 1 aromatic rings. The molecule has 2 N–H and O–H groups in total. The van der Waals surface area contributed by atoms with E-state index in [9.17, 15) is 23.1 Å². The van der Waals surface area contributed by atoms with Crippen LogP contribution in [0, 0.1) is 0 Å². The zero-order valence-corrected chi connectivity index (χ0v) is 18.2. The van der Waals surface area contributed by atoms with Gasteiger partial charge >= 0.3 is 5.97 Å². The first-order valence-corrected chi connectivity index (χ1v) is 12.1.